The van der Waals surface area contributed by atoms with Crippen molar-refractivity contribution >= 4 is 64.8 Å². The lowest BCUT2D eigenvalue weighted by atomic mass is 10.0. The van der Waals surface area contributed by atoms with Crippen LogP contribution in [0.1, 0.15) is 35.7 Å². The van der Waals surface area contributed by atoms with Gasteiger partial charge < -0.3 is 4.74 Å². The van der Waals surface area contributed by atoms with E-state index >= 15 is 0 Å². The van der Waals surface area contributed by atoms with Gasteiger partial charge in [-0.05, 0) is 91.1 Å². The molecule has 1 aliphatic heterocycles. The van der Waals surface area contributed by atoms with Gasteiger partial charge in [-0.3, -0.25) is 4.79 Å². The van der Waals surface area contributed by atoms with E-state index in [2.05, 4.69) is 32.9 Å². The highest BCUT2D eigenvalue weighted by molar-refractivity contribution is 9.10. The molecule has 0 bridgehead atoms. The van der Waals surface area contributed by atoms with Gasteiger partial charge >= 0.3 is 0 Å². The third-order valence-electron chi connectivity index (χ3n) is 6.51. The van der Waals surface area contributed by atoms with Crippen LogP contribution in [0.3, 0.4) is 0 Å². The van der Waals surface area contributed by atoms with Crippen LogP contribution in [0.5, 0.6) is 5.75 Å². The molecule has 0 N–H and O–H groups in total. The first-order valence-corrected chi connectivity index (χ1v) is 15.5. The smallest absolute Gasteiger partial charge is 0.280 e. The molecule has 1 aromatic heterocycles. The summed E-state index contributed by atoms with van der Waals surface area (Å²) >= 11 is 4.82. The van der Waals surface area contributed by atoms with E-state index in [1.165, 1.54) is 44.9 Å². The van der Waals surface area contributed by atoms with Gasteiger partial charge in [0.25, 0.3) is 5.91 Å². The maximum absolute atomic E-state index is 13.7. The SMILES string of the molecule is COc1ccc(/C=N/N(C(=O)c2ccc(S(=O)(=O)N3CCCC(C)C3)cc2)c2nc3ccc(Br)cc3s2)cc1. The Bertz CT molecular complexity index is 1620. The number of hydrogen-bond donors (Lipinski definition) is 0. The number of carbonyl (C=O) groups excluding carboxylic acids is 1. The molecule has 0 radical (unpaired) electrons. The predicted molar refractivity (Wildman–Crippen MR) is 158 cm³/mol. The molecular formula is C28H27BrN4O4S2. The summed E-state index contributed by atoms with van der Waals surface area (Å²) in [4.78, 5) is 18.5. The fraction of sp³-hybridized carbons (Fsp3) is 0.250. The molecular weight excluding hydrogens is 600 g/mol. The number of piperidine rings is 1. The first-order valence-electron chi connectivity index (χ1n) is 12.4. The number of benzene rings is 3. The molecule has 1 fully saturated rings. The van der Waals surface area contributed by atoms with Gasteiger partial charge in [0.2, 0.25) is 15.2 Å². The van der Waals surface area contributed by atoms with E-state index in [-0.39, 0.29) is 4.90 Å². The van der Waals surface area contributed by atoms with Gasteiger partial charge in [-0.1, -0.05) is 34.2 Å². The lowest BCUT2D eigenvalue weighted by Crippen LogP contribution is -2.39. The summed E-state index contributed by atoms with van der Waals surface area (Å²) < 4.78 is 34.9. The second-order valence-electron chi connectivity index (χ2n) is 9.38. The monoisotopic (exact) mass is 626 g/mol. The molecule has 3 aromatic carbocycles. The van der Waals surface area contributed by atoms with E-state index in [1.54, 1.807) is 13.3 Å². The van der Waals surface area contributed by atoms with E-state index in [4.69, 9.17) is 4.74 Å². The number of hydrogen-bond acceptors (Lipinski definition) is 7. The summed E-state index contributed by atoms with van der Waals surface area (Å²) in [5, 5.41) is 6.14. The summed E-state index contributed by atoms with van der Waals surface area (Å²) in [6, 6.07) is 19.0. The van der Waals surface area contributed by atoms with Gasteiger partial charge in [0.05, 0.1) is 28.4 Å². The van der Waals surface area contributed by atoms with Crippen molar-refractivity contribution in [3.8, 4) is 5.75 Å². The van der Waals surface area contributed by atoms with Gasteiger partial charge in [-0.25, -0.2) is 13.4 Å². The van der Waals surface area contributed by atoms with Crippen LogP contribution in [0, 0.1) is 5.92 Å². The van der Waals surface area contributed by atoms with Crippen LogP contribution in [0.4, 0.5) is 5.13 Å². The minimum absolute atomic E-state index is 0.172. The number of rotatable bonds is 7. The Balaban J connectivity index is 1.46. The van der Waals surface area contributed by atoms with Gasteiger partial charge in [-0.2, -0.15) is 14.4 Å². The van der Waals surface area contributed by atoms with Crippen LogP contribution in [-0.2, 0) is 10.0 Å². The van der Waals surface area contributed by atoms with Crippen molar-refractivity contribution in [3.63, 3.8) is 0 Å². The van der Waals surface area contributed by atoms with Crippen molar-refractivity contribution in [2.45, 2.75) is 24.7 Å². The summed E-state index contributed by atoms with van der Waals surface area (Å²) in [7, 11) is -2.03. The van der Waals surface area contributed by atoms with E-state index in [0.29, 0.717) is 35.5 Å². The number of halogens is 1. The fourth-order valence-corrected chi connectivity index (χ4v) is 7.46. The number of anilines is 1. The molecule has 202 valence electrons. The molecule has 11 heteroatoms. The van der Waals surface area contributed by atoms with Crippen LogP contribution < -0.4 is 9.75 Å². The number of sulfonamides is 1. The zero-order valence-electron chi connectivity index (χ0n) is 21.5. The fourth-order valence-electron chi connectivity index (χ4n) is 4.39. The molecule has 1 amide bonds. The zero-order valence-corrected chi connectivity index (χ0v) is 24.7. The number of thiazole rings is 1. The molecule has 0 saturated carbocycles. The number of hydrazone groups is 1. The zero-order chi connectivity index (χ0) is 27.6. The number of aromatic nitrogens is 1. The summed E-state index contributed by atoms with van der Waals surface area (Å²) in [5.41, 5.74) is 1.82. The molecule has 1 atom stereocenters. The number of ether oxygens (including phenoxy) is 1. The Morgan fingerprint density at radius 3 is 2.59 bits per heavy atom. The molecule has 1 aliphatic rings. The standard InChI is InChI=1S/C28H27BrN4O4S2/c1-19-4-3-15-32(18-19)39(35,36)24-12-7-21(8-13-24)27(34)33(30-17-20-5-10-23(37-2)11-6-20)28-31-25-14-9-22(29)16-26(25)38-28/h5-14,16-17,19H,3-4,15,18H2,1-2H3/b30-17+. The van der Waals surface area contributed by atoms with Crippen molar-refractivity contribution in [2.24, 2.45) is 11.0 Å². The largest absolute Gasteiger partial charge is 0.497 e. The minimum Gasteiger partial charge on any atom is -0.497 e. The van der Waals surface area contributed by atoms with Crippen molar-refractivity contribution in [2.75, 3.05) is 25.2 Å². The highest BCUT2D eigenvalue weighted by atomic mass is 79.9. The van der Waals surface area contributed by atoms with E-state index in [1.807, 2.05) is 42.5 Å². The predicted octanol–water partition coefficient (Wildman–Crippen LogP) is 6.17. The van der Waals surface area contributed by atoms with Crippen molar-refractivity contribution in [1.29, 1.82) is 0 Å². The molecule has 4 aromatic rings. The normalized spacial score (nSPS) is 16.5. The molecule has 2 heterocycles. The third kappa shape index (κ3) is 6.06. The van der Waals surface area contributed by atoms with Crippen LogP contribution in [0.2, 0.25) is 0 Å². The van der Waals surface area contributed by atoms with Gasteiger partial charge in [-0.15, -0.1) is 0 Å². The average molecular weight is 628 g/mol. The first-order chi connectivity index (χ1) is 18.7. The van der Waals surface area contributed by atoms with Crippen LogP contribution in [-0.4, -0.2) is 50.0 Å². The quantitative estimate of drug-likeness (QED) is 0.181. The Kier molecular flexibility index (Phi) is 8.13. The molecule has 8 nitrogen and oxygen atoms in total. The second-order valence-corrected chi connectivity index (χ2v) is 13.2. The molecule has 0 spiro atoms. The molecule has 1 saturated heterocycles. The minimum atomic E-state index is -3.63. The van der Waals surface area contributed by atoms with E-state index in [0.717, 1.165) is 33.1 Å². The summed E-state index contributed by atoms with van der Waals surface area (Å²) in [6.45, 7) is 3.07. The van der Waals surface area contributed by atoms with Crippen molar-refractivity contribution in [1.82, 2.24) is 9.29 Å². The van der Waals surface area contributed by atoms with Crippen LogP contribution in [0.15, 0.2) is 81.2 Å². The van der Waals surface area contributed by atoms with Crippen LogP contribution >= 0.6 is 27.3 Å². The first kappa shape index (κ1) is 27.4. The Labute approximate surface area is 240 Å². The topological polar surface area (TPSA) is 92.2 Å². The number of amides is 1. The third-order valence-corrected chi connectivity index (χ3v) is 9.88. The van der Waals surface area contributed by atoms with Crippen molar-refractivity contribution in [3.05, 3.63) is 82.3 Å². The molecule has 39 heavy (non-hydrogen) atoms. The average Bonchev–Trinajstić information content (AvgIpc) is 3.36. The number of fused-ring (bicyclic) bond motifs is 1. The number of methoxy groups -OCH3 is 1. The van der Waals surface area contributed by atoms with Gasteiger partial charge in [0, 0.05) is 23.1 Å². The Morgan fingerprint density at radius 1 is 1.15 bits per heavy atom. The number of nitrogens with zero attached hydrogens (tertiary/aromatic N) is 4. The maximum atomic E-state index is 13.7. The maximum Gasteiger partial charge on any atom is 0.280 e. The highest BCUT2D eigenvalue weighted by Crippen LogP contribution is 2.32. The lowest BCUT2D eigenvalue weighted by molar-refractivity contribution is 0.0987. The molecule has 0 aliphatic carbocycles. The summed E-state index contributed by atoms with van der Waals surface area (Å²) in [5.74, 6) is 0.611. The summed E-state index contributed by atoms with van der Waals surface area (Å²) in [6.07, 6.45) is 3.45. The van der Waals surface area contributed by atoms with Crippen molar-refractivity contribution < 1.29 is 17.9 Å². The van der Waals surface area contributed by atoms with Gasteiger partial charge in [0.15, 0.2) is 0 Å². The Hall–Kier alpha value is -3.12. The molecule has 1 unspecified atom stereocenters. The highest BCUT2D eigenvalue weighted by Gasteiger charge is 2.29. The number of carbonyl (C=O) groups is 1. The Morgan fingerprint density at radius 2 is 1.90 bits per heavy atom. The molecule has 5 rings (SSSR count). The second kappa shape index (κ2) is 11.5. The van der Waals surface area contributed by atoms with E-state index in [9.17, 15) is 13.2 Å². The van der Waals surface area contributed by atoms with E-state index < -0.39 is 15.9 Å². The van der Waals surface area contributed by atoms with Crippen LogP contribution in [0.25, 0.3) is 10.2 Å². The van der Waals surface area contributed by atoms with Gasteiger partial charge in [0.1, 0.15) is 5.75 Å². The lowest BCUT2D eigenvalue weighted by Gasteiger charge is -2.30.